The first-order valence-electron chi connectivity index (χ1n) is 35.5. The van der Waals surface area contributed by atoms with E-state index in [-0.39, 0.29) is 87.8 Å². The molecule has 2 aliphatic heterocycles. The molecule has 111 heavy (non-hydrogen) atoms. The first kappa shape index (κ1) is 79.9. The van der Waals surface area contributed by atoms with Crippen LogP contribution in [0.2, 0.25) is 5.02 Å². The van der Waals surface area contributed by atoms with Crippen molar-refractivity contribution in [3.8, 4) is 34.5 Å². The molecule has 0 spiro atoms. The molecule has 22 nitrogen and oxygen atoms in total. The summed E-state index contributed by atoms with van der Waals surface area (Å²) in [4.78, 5) is 99.1. The van der Waals surface area contributed by atoms with Crippen molar-refractivity contribution in [2.45, 2.75) is 70.6 Å². The Hall–Kier alpha value is -12.1. The molecular formula is C81H77ClF7N11O11. The summed E-state index contributed by atoms with van der Waals surface area (Å²) in [5, 5.41) is 18.7. The molecule has 5 N–H and O–H groups in total. The number of carbonyl (C=O) groups is 6. The monoisotopic (exact) mass is 1550 g/mol. The second-order valence-corrected chi connectivity index (χ2v) is 26.8. The van der Waals surface area contributed by atoms with Crippen LogP contribution in [0.1, 0.15) is 93.4 Å². The number of halogens is 8. The molecule has 0 atom stereocenters. The van der Waals surface area contributed by atoms with Gasteiger partial charge in [0.2, 0.25) is 11.8 Å². The Morgan fingerprint density at radius 2 is 1.25 bits per heavy atom. The van der Waals surface area contributed by atoms with Gasteiger partial charge in [0.1, 0.15) is 40.3 Å². The third-order valence-electron chi connectivity index (χ3n) is 18.7. The number of piperidine rings is 1. The van der Waals surface area contributed by atoms with Gasteiger partial charge in [0, 0.05) is 143 Å². The van der Waals surface area contributed by atoms with Gasteiger partial charge in [-0.2, -0.15) is 31.4 Å². The SMILES string of the molecule is CCC(=O)NCC1CCN(c2ccc(NC(=O)Nc3cccc(Oc4ccnc5cc(OC)c(OC)cc45)c3)cc2C(F)(F)F)CC1.CNC(=O)c1cc(Oc2ccc(CC(=O)Cc3ccc(Cl)c(C(F)(F)F)c3)cc2)ccn1.O=C(c1cc(Cc2n[nH]c(=O)c3ccccc23)ccc1F)N1CCN(C(=O)C2CC2)CC1. The number of ether oxygens (including phenoxy) is 4. The highest BCUT2D eigenvalue weighted by atomic mass is 35.5. The number of nitrogens with one attached hydrogen (secondary N) is 5. The molecule has 578 valence electrons. The summed E-state index contributed by atoms with van der Waals surface area (Å²) in [6.07, 6.45) is -2.28. The van der Waals surface area contributed by atoms with Crippen LogP contribution in [0, 0.1) is 17.7 Å². The highest BCUT2D eigenvalue weighted by Crippen LogP contribution is 2.42. The zero-order valence-electron chi connectivity index (χ0n) is 60.6. The highest BCUT2D eigenvalue weighted by Gasteiger charge is 2.38. The van der Waals surface area contributed by atoms with Crippen molar-refractivity contribution in [1.82, 2.24) is 40.6 Å². The fraction of sp³-hybridized carbons (Fsp3) is 0.284. The van der Waals surface area contributed by atoms with Crippen molar-refractivity contribution >= 4 is 85.8 Å². The van der Waals surface area contributed by atoms with Gasteiger partial charge in [-0.25, -0.2) is 14.3 Å². The van der Waals surface area contributed by atoms with E-state index in [0.717, 1.165) is 42.0 Å². The molecular weight excluding hydrogens is 1470 g/mol. The average molecular weight is 1550 g/mol. The van der Waals surface area contributed by atoms with Crippen LogP contribution in [0.3, 0.4) is 0 Å². The summed E-state index contributed by atoms with van der Waals surface area (Å²) in [6, 6.07) is 39.8. The lowest BCUT2D eigenvalue weighted by molar-refractivity contribution is -0.138. The Bertz CT molecular complexity index is 5130. The number of aromatic amines is 1. The average Bonchev–Trinajstić information content (AvgIpc) is 1.80. The lowest BCUT2D eigenvalue weighted by Crippen LogP contribution is -2.51. The molecule has 7 aromatic carbocycles. The van der Waals surface area contributed by atoms with E-state index in [1.165, 1.54) is 57.8 Å². The second-order valence-electron chi connectivity index (χ2n) is 26.4. The van der Waals surface area contributed by atoms with Crippen molar-refractivity contribution in [2.75, 3.05) is 82.6 Å². The van der Waals surface area contributed by atoms with E-state index in [4.69, 9.17) is 30.5 Å². The Morgan fingerprint density at radius 3 is 1.94 bits per heavy atom. The smallest absolute Gasteiger partial charge is 0.418 e. The number of ketones is 1. The molecule has 3 aliphatic rings. The summed E-state index contributed by atoms with van der Waals surface area (Å²) in [7, 11) is 4.56. The number of piperazine rings is 1. The maximum atomic E-state index is 14.6. The van der Waals surface area contributed by atoms with Crippen molar-refractivity contribution in [3.05, 3.63) is 236 Å². The highest BCUT2D eigenvalue weighted by molar-refractivity contribution is 6.31. The summed E-state index contributed by atoms with van der Waals surface area (Å²) in [5.74, 6) is 1.81. The number of carbonyl (C=O) groups excluding carboxylic acids is 6. The number of amides is 6. The molecule has 3 aromatic heterocycles. The first-order valence-corrected chi connectivity index (χ1v) is 35.9. The quantitative estimate of drug-likeness (QED) is 0.0419. The second kappa shape index (κ2) is 35.9. The van der Waals surface area contributed by atoms with E-state index in [2.05, 4.69) is 41.4 Å². The van der Waals surface area contributed by atoms with Gasteiger partial charge >= 0.3 is 18.4 Å². The zero-order chi connectivity index (χ0) is 79.1. The number of alkyl halides is 6. The Balaban J connectivity index is 0.000000170. The van der Waals surface area contributed by atoms with Gasteiger partial charge in [0.25, 0.3) is 17.4 Å². The number of hydrogen-bond acceptors (Lipinski definition) is 15. The van der Waals surface area contributed by atoms with Crippen molar-refractivity contribution in [1.29, 1.82) is 0 Å². The Kier molecular flexibility index (Phi) is 25.9. The van der Waals surface area contributed by atoms with Crippen LogP contribution in [-0.2, 0) is 46.0 Å². The lowest BCUT2D eigenvalue weighted by atomic mass is 9.95. The van der Waals surface area contributed by atoms with Gasteiger partial charge in [-0.1, -0.05) is 67.1 Å². The van der Waals surface area contributed by atoms with Crippen LogP contribution in [-0.4, -0.2) is 132 Å². The molecule has 0 unspecified atom stereocenters. The van der Waals surface area contributed by atoms with Crippen LogP contribution in [0.15, 0.2) is 175 Å². The normalized spacial score (nSPS) is 13.7. The number of rotatable bonds is 21. The molecule has 0 radical (unpaired) electrons. The van der Waals surface area contributed by atoms with Crippen molar-refractivity contribution in [3.63, 3.8) is 0 Å². The standard InChI is InChI=1S/C34H36F3N5O5.C24H23FN4O3.C23H18ClF3N2O3/c1-4-32(43)39-20-21-11-14-42(15-12-21)28-9-8-23(17-26(28)34(35,36)37)41-33(44)40-22-6-5-7-24(16-22)47-29-10-13-38-27-19-31(46-3)30(45-2)18-25(27)29;25-20-8-5-15(14-21-17-3-1-2-4-18(17)22(30)27-26-21)13-19(20)24(32)29-11-9-28(10-12-29)23(31)16-6-7-16;1-28-22(31)21-13-18(8-9-29-21)32-17-5-2-14(3-6-17)10-16(30)11-15-4-7-20(24)19(12-15)23(25,26)27/h5-10,13,16-19,21H,4,11-12,14-15,20H2,1-3H3,(H,39,43)(H2,40,41,44);1-5,8,13,16H,6-7,9-12,14H2,(H,27,30);2-9,12-13H,10-11H2,1H3,(H,28,31). The molecule has 2 saturated heterocycles. The molecule has 6 amide bonds. The molecule has 3 fully saturated rings. The van der Waals surface area contributed by atoms with Gasteiger partial charge in [0.15, 0.2) is 11.5 Å². The minimum Gasteiger partial charge on any atom is -0.493 e. The van der Waals surface area contributed by atoms with Gasteiger partial charge in [-0.3, -0.25) is 38.7 Å². The number of H-pyrrole nitrogens is 1. The molecule has 1 aliphatic carbocycles. The third kappa shape index (κ3) is 21.0. The van der Waals surface area contributed by atoms with E-state index in [1.807, 2.05) is 12.1 Å². The fourth-order valence-electron chi connectivity index (χ4n) is 12.7. The van der Waals surface area contributed by atoms with E-state index in [9.17, 15) is 64.3 Å². The number of hydrogen-bond donors (Lipinski definition) is 5. The zero-order valence-corrected chi connectivity index (χ0v) is 61.4. The van der Waals surface area contributed by atoms with E-state index >= 15 is 0 Å². The molecule has 5 heterocycles. The molecule has 1 saturated carbocycles. The molecule has 30 heteroatoms. The molecule has 10 aromatic rings. The lowest BCUT2D eigenvalue weighted by Gasteiger charge is -2.35. The number of pyridine rings is 2. The van der Waals surface area contributed by atoms with Crippen molar-refractivity contribution in [2.24, 2.45) is 11.8 Å². The van der Waals surface area contributed by atoms with Gasteiger partial charge in [-0.15, -0.1) is 0 Å². The number of Topliss-reactive ketones (excluding diaryl/α,β-unsaturated/α-hetero) is 1. The minimum absolute atomic E-state index is 0.00391. The predicted octanol–water partition coefficient (Wildman–Crippen LogP) is 15.1. The van der Waals surface area contributed by atoms with Crippen LogP contribution < -0.4 is 50.7 Å². The maximum absolute atomic E-state index is 14.6. The Labute approximate surface area is 637 Å². The van der Waals surface area contributed by atoms with Crippen LogP contribution in [0.4, 0.5) is 52.6 Å². The molecule has 13 rings (SSSR count). The van der Waals surface area contributed by atoms with E-state index < -0.39 is 40.4 Å². The molecule has 0 bridgehead atoms. The van der Waals surface area contributed by atoms with Gasteiger partial charge < -0.3 is 54.9 Å². The third-order valence-corrected chi connectivity index (χ3v) is 19.0. The topological polar surface area (TPSA) is 269 Å². The first-order chi connectivity index (χ1) is 53.2. The van der Waals surface area contributed by atoms with Crippen LogP contribution in [0.5, 0.6) is 34.5 Å². The number of benzene rings is 7. The summed E-state index contributed by atoms with van der Waals surface area (Å²) >= 11 is 5.61. The van der Waals surface area contributed by atoms with Crippen LogP contribution in [0.25, 0.3) is 21.7 Å². The number of fused-ring (bicyclic) bond motifs is 2. The minimum atomic E-state index is -4.63. The summed E-state index contributed by atoms with van der Waals surface area (Å²) in [5.41, 5.74) is 1.52. The fourth-order valence-corrected chi connectivity index (χ4v) is 12.9. The summed E-state index contributed by atoms with van der Waals surface area (Å²) in [6.45, 7) is 4.90. The van der Waals surface area contributed by atoms with Gasteiger partial charge in [0.05, 0.1) is 52.5 Å². The van der Waals surface area contributed by atoms with E-state index in [1.54, 1.807) is 125 Å². The van der Waals surface area contributed by atoms with E-state index in [0.29, 0.717) is 139 Å². The number of methoxy groups -OCH3 is 2. The van der Waals surface area contributed by atoms with Crippen LogP contribution >= 0.6 is 11.6 Å². The number of anilines is 3. The number of urea groups is 1. The number of nitrogens with zero attached hydrogens (tertiary/aromatic N) is 6. The maximum Gasteiger partial charge on any atom is 0.418 e. The predicted molar refractivity (Wildman–Crippen MR) is 403 cm³/mol. The summed E-state index contributed by atoms with van der Waals surface area (Å²) < 4.78 is 119. The van der Waals surface area contributed by atoms with Crippen molar-refractivity contribution < 1.29 is 78.4 Å². The largest absolute Gasteiger partial charge is 0.493 e. The number of aromatic nitrogens is 4. The Morgan fingerprint density at radius 1 is 0.604 bits per heavy atom. The van der Waals surface area contributed by atoms with Gasteiger partial charge in [-0.05, 0) is 139 Å².